The van der Waals surface area contributed by atoms with Gasteiger partial charge in [0.15, 0.2) is 0 Å². The van der Waals surface area contributed by atoms with Gasteiger partial charge in [-0.15, -0.1) is 0 Å². The van der Waals surface area contributed by atoms with Gasteiger partial charge in [0.05, 0.1) is 22.9 Å². The molecule has 41 heavy (non-hydrogen) atoms. The summed E-state index contributed by atoms with van der Waals surface area (Å²) in [5, 5.41) is 12.7. The molecule has 3 fully saturated rings. The van der Waals surface area contributed by atoms with Crippen LogP contribution in [-0.4, -0.2) is 54.4 Å². The van der Waals surface area contributed by atoms with Crippen LogP contribution in [0.25, 0.3) is 0 Å². The summed E-state index contributed by atoms with van der Waals surface area (Å²) in [6.07, 6.45) is 4.32. The largest absolute Gasteiger partial charge is 0.457 e. The van der Waals surface area contributed by atoms with Gasteiger partial charge >= 0.3 is 6.03 Å². The van der Waals surface area contributed by atoms with Crippen LogP contribution in [0.15, 0.2) is 59.1 Å². The van der Waals surface area contributed by atoms with Crippen molar-refractivity contribution in [1.29, 1.82) is 0 Å². The van der Waals surface area contributed by atoms with Crippen LogP contribution in [0.5, 0.6) is 11.5 Å². The average Bonchev–Trinajstić information content (AvgIpc) is 3.35. The van der Waals surface area contributed by atoms with Crippen molar-refractivity contribution in [3.05, 3.63) is 64.7 Å². The third-order valence-corrected chi connectivity index (χ3v) is 9.72. The standard InChI is InChI=1S/C30H36N6O4S/c1-17-15-19(40-18-7-3-2-4-8-18)11-12-22(17)36-23-13-14-32-29-25(23)26(35-30(36)39)27(41-29)28(38)34-21-10-6-5-9-20(21)33-24(37)16-31/h2-4,7-8,11-12,15,20-21,23,25,29,32H,5-6,9-10,13-14,16,31H2,1H3,(H,33,37)(H,34,38)(H,35,39)/t20-,21+,23?,25?,29?/m0/s1. The molecule has 0 aromatic heterocycles. The van der Waals surface area contributed by atoms with Crippen LogP contribution >= 0.6 is 11.8 Å². The second-order valence-corrected chi connectivity index (χ2v) is 12.2. The number of nitrogens with one attached hydrogen (secondary N) is 4. The van der Waals surface area contributed by atoms with Crippen molar-refractivity contribution in [1.82, 2.24) is 21.3 Å². The molecule has 3 aliphatic heterocycles. The molecule has 1 aliphatic carbocycles. The minimum atomic E-state index is -0.236. The van der Waals surface area contributed by atoms with Gasteiger partial charge in [-0.05, 0) is 68.6 Å². The lowest BCUT2D eigenvalue weighted by Crippen LogP contribution is -2.62. The lowest BCUT2D eigenvalue weighted by atomic mass is 9.86. The van der Waals surface area contributed by atoms with Gasteiger partial charge in [-0.2, -0.15) is 0 Å². The molecule has 4 aliphatic rings. The molecule has 6 rings (SSSR count). The van der Waals surface area contributed by atoms with Crippen LogP contribution < -0.4 is 36.6 Å². The lowest BCUT2D eigenvalue weighted by molar-refractivity contribution is -0.122. The van der Waals surface area contributed by atoms with E-state index in [9.17, 15) is 14.4 Å². The maximum absolute atomic E-state index is 13.7. The molecule has 1 saturated carbocycles. The van der Waals surface area contributed by atoms with Gasteiger partial charge in [0.25, 0.3) is 5.91 Å². The van der Waals surface area contributed by atoms with Crippen LogP contribution in [0, 0.1) is 12.8 Å². The quantitative estimate of drug-likeness (QED) is 0.342. The lowest BCUT2D eigenvalue weighted by Gasteiger charge is -2.46. The van der Waals surface area contributed by atoms with Crippen LogP contribution in [0.3, 0.4) is 0 Å². The summed E-state index contributed by atoms with van der Waals surface area (Å²) in [5.74, 6) is 0.984. The van der Waals surface area contributed by atoms with E-state index in [4.69, 9.17) is 10.5 Å². The number of carbonyl (C=O) groups is 3. The number of nitrogens with zero attached hydrogens (tertiary/aromatic N) is 1. The number of carbonyl (C=O) groups excluding carboxylic acids is 3. The summed E-state index contributed by atoms with van der Waals surface area (Å²) < 4.78 is 6.00. The number of hydrogen-bond acceptors (Lipinski definition) is 7. The van der Waals surface area contributed by atoms with Gasteiger partial charge in [-0.1, -0.05) is 42.8 Å². The number of piperidine rings is 1. The molecule has 2 saturated heterocycles. The molecule has 6 N–H and O–H groups in total. The first kappa shape index (κ1) is 27.6. The third-order valence-electron chi connectivity index (χ3n) is 8.37. The van der Waals surface area contributed by atoms with E-state index in [0.717, 1.165) is 55.6 Å². The van der Waals surface area contributed by atoms with Gasteiger partial charge in [-0.25, -0.2) is 4.79 Å². The van der Waals surface area contributed by atoms with Crippen molar-refractivity contribution < 1.29 is 19.1 Å². The molecule has 2 aromatic rings. The fourth-order valence-corrected chi connectivity index (χ4v) is 7.86. The first-order chi connectivity index (χ1) is 19.9. The predicted octanol–water partition coefficient (Wildman–Crippen LogP) is 3.08. The van der Waals surface area contributed by atoms with Gasteiger partial charge in [0, 0.05) is 29.4 Å². The summed E-state index contributed by atoms with van der Waals surface area (Å²) >= 11 is 1.48. The van der Waals surface area contributed by atoms with Crippen LogP contribution in [0.2, 0.25) is 0 Å². The van der Waals surface area contributed by atoms with Crippen molar-refractivity contribution in [3.8, 4) is 11.5 Å². The van der Waals surface area contributed by atoms with E-state index in [0.29, 0.717) is 16.4 Å². The zero-order chi connectivity index (χ0) is 28.5. The fraction of sp³-hybridized carbons (Fsp3) is 0.433. The Kier molecular flexibility index (Phi) is 7.92. The molecule has 0 spiro atoms. The SMILES string of the molecule is Cc1cc(Oc2ccccc2)ccc1N1C(=O)NC2=C(C(=O)N[C@@H]3CCCC[C@@H]3NC(=O)CN)SC3NCCC1C23. The second-order valence-electron chi connectivity index (χ2n) is 11.0. The molecule has 10 nitrogen and oxygen atoms in total. The molecule has 216 valence electrons. The van der Waals surface area contributed by atoms with Gasteiger partial charge in [0.2, 0.25) is 5.91 Å². The number of thioether (sulfide) groups is 1. The number of amides is 4. The van der Waals surface area contributed by atoms with Crippen molar-refractivity contribution in [2.24, 2.45) is 11.7 Å². The minimum Gasteiger partial charge on any atom is -0.457 e. The normalized spacial score (nSPS) is 27.1. The zero-order valence-corrected chi connectivity index (χ0v) is 23.8. The smallest absolute Gasteiger partial charge is 0.326 e. The number of hydrogen-bond donors (Lipinski definition) is 5. The Morgan fingerprint density at radius 2 is 1.80 bits per heavy atom. The van der Waals surface area contributed by atoms with E-state index in [1.807, 2.05) is 60.4 Å². The Morgan fingerprint density at radius 1 is 1.05 bits per heavy atom. The highest BCUT2D eigenvalue weighted by Gasteiger charge is 2.52. The van der Waals surface area contributed by atoms with Gasteiger partial charge in [-0.3, -0.25) is 14.5 Å². The summed E-state index contributed by atoms with van der Waals surface area (Å²) in [5.41, 5.74) is 7.96. The Balaban J connectivity index is 1.22. The highest BCUT2D eigenvalue weighted by molar-refractivity contribution is 8.04. The zero-order valence-electron chi connectivity index (χ0n) is 23.0. The van der Waals surface area contributed by atoms with E-state index < -0.39 is 0 Å². The molecular weight excluding hydrogens is 540 g/mol. The van der Waals surface area contributed by atoms with E-state index >= 15 is 0 Å². The number of para-hydroxylation sites is 1. The van der Waals surface area contributed by atoms with Crippen LogP contribution in [-0.2, 0) is 9.59 Å². The number of ether oxygens (including phenoxy) is 1. The molecule has 11 heteroatoms. The molecule has 0 radical (unpaired) electrons. The molecule has 3 heterocycles. The Morgan fingerprint density at radius 3 is 2.54 bits per heavy atom. The first-order valence-corrected chi connectivity index (χ1v) is 15.2. The molecule has 3 unspecified atom stereocenters. The third kappa shape index (κ3) is 5.53. The number of benzene rings is 2. The van der Waals surface area contributed by atoms with Crippen molar-refractivity contribution >= 4 is 35.3 Å². The van der Waals surface area contributed by atoms with E-state index in [-0.39, 0.29) is 53.8 Å². The maximum Gasteiger partial charge on any atom is 0.326 e. The Hall–Kier alpha value is -3.54. The fourth-order valence-electron chi connectivity index (χ4n) is 6.46. The number of urea groups is 1. The number of nitrogens with two attached hydrogens (primary N) is 1. The van der Waals surface area contributed by atoms with Crippen molar-refractivity contribution in [3.63, 3.8) is 0 Å². The summed E-state index contributed by atoms with van der Waals surface area (Å²) in [6.45, 7) is 2.65. The van der Waals surface area contributed by atoms with E-state index in [1.54, 1.807) is 0 Å². The van der Waals surface area contributed by atoms with Crippen LogP contribution in [0.4, 0.5) is 10.5 Å². The van der Waals surface area contributed by atoms with E-state index in [2.05, 4.69) is 21.3 Å². The van der Waals surface area contributed by atoms with Crippen LogP contribution in [0.1, 0.15) is 37.7 Å². The Labute approximate surface area is 243 Å². The molecule has 5 atom stereocenters. The number of anilines is 1. The summed E-state index contributed by atoms with van der Waals surface area (Å²) in [4.78, 5) is 41.6. The Bertz CT molecular complexity index is 1370. The van der Waals surface area contributed by atoms with E-state index in [1.165, 1.54) is 11.8 Å². The highest BCUT2D eigenvalue weighted by Crippen LogP contribution is 2.48. The first-order valence-electron chi connectivity index (χ1n) is 14.3. The topological polar surface area (TPSA) is 138 Å². The van der Waals surface area contributed by atoms with Crippen molar-refractivity contribution in [2.75, 3.05) is 18.0 Å². The maximum atomic E-state index is 13.7. The molecule has 0 bridgehead atoms. The monoisotopic (exact) mass is 576 g/mol. The molecule has 4 amide bonds. The molecular formula is C30H36N6O4S. The number of aryl methyl sites for hydroxylation is 1. The average molecular weight is 577 g/mol. The van der Waals surface area contributed by atoms with Gasteiger partial charge < -0.3 is 31.7 Å². The van der Waals surface area contributed by atoms with Gasteiger partial charge in [0.1, 0.15) is 11.5 Å². The number of rotatable bonds is 7. The predicted molar refractivity (Wildman–Crippen MR) is 158 cm³/mol. The minimum absolute atomic E-state index is 0.0207. The summed E-state index contributed by atoms with van der Waals surface area (Å²) in [7, 11) is 0. The second kappa shape index (κ2) is 11.8. The highest BCUT2D eigenvalue weighted by atomic mass is 32.2. The van der Waals surface area contributed by atoms with Crippen molar-refractivity contribution in [2.45, 2.75) is 62.5 Å². The summed E-state index contributed by atoms with van der Waals surface area (Å²) in [6, 6.07) is 14.7. The molecule has 2 aromatic carbocycles.